The fourth-order valence-electron chi connectivity index (χ4n) is 3.10. The van der Waals surface area contributed by atoms with Gasteiger partial charge in [-0.1, -0.05) is 24.3 Å². The van der Waals surface area contributed by atoms with E-state index < -0.39 is 4.92 Å². The number of non-ortho nitro benzene ring substituents is 1. The number of hydrogen-bond acceptors (Lipinski definition) is 6. The number of rotatable bonds is 8. The molecule has 1 amide bonds. The molecule has 32 heavy (non-hydrogen) atoms. The zero-order chi connectivity index (χ0) is 23.3. The Morgan fingerprint density at radius 2 is 2.00 bits per heavy atom. The van der Waals surface area contributed by atoms with Gasteiger partial charge >= 0.3 is 0 Å². The van der Waals surface area contributed by atoms with Gasteiger partial charge in [-0.2, -0.15) is 10.2 Å². The first-order chi connectivity index (χ1) is 15.3. The number of aromatic nitrogens is 2. The van der Waals surface area contributed by atoms with Crippen molar-refractivity contribution in [1.82, 2.24) is 15.2 Å². The number of hydrogen-bond donors (Lipinski definition) is 1. The second kappa shape index (κ2) is 10.2. The molecule has 0 fully saturated rings. The molecule has 0 aliphatic carbocycles. The van der Waals surface area contributed by atoms with Crippen LogP contribution in [0.25, 0.3) is 0 Å². The number of hydrazone groups is 1. The van der Waals surface area contributed by atoms with Crippen molar-refractivity contribution in [3.8, 4) is 5.75 Å². The summed E-state index contributed by atoms with van der Waals surface area (Å²) in [6, 6.07) is 11.5. The van der Waals surface area contributed by atoms with Gasteiger partial charge in [0, 0.05) is 17.7 Å². The fourth-order valence-corrected chi connectivity index (χ4v) is 3.39. The lowest BCUT2D eigenvalue weighted by atomic mass is 10.1. The molecule has 0 unspecified atom stereocenters. The minimum Gasteiger partial charge on any atom is -0.496 e. The average molecular weight is 500 g/mol. The smallest absolute Gasteiger partial charge is 0.269 e. The minimum atomic E-state index is -0.482. The highest BCUT2D eigenvalue weighted by molar-refractivity contribution is 9.10. The summed E-state index contributed by atoms with van der Waals surface area (Å²) in [6.07, 6.45) is 1.59. The van der Waals surface area contributed by atoms with Crippen LogP contribution in [0.1, 0.15) is 28.1 Å². The van der Waals surface area contributed by atoms with Crippen LogP contribution in [0.4, 0.5) is 5.69 Å². The topological polar surface area (TPSA) is 112 Å². The number of halogens is 1. The molecular weight excluding hydrogens is 478 g/mol. The van der Waals surface area contributed by atoms with Gasteiger partial charge in [-0.05, 0) is 47.0 Å². The maximum absolute atomic E-state index is 12.1. The maximum atomic E-state index is 12.1. The third-order valence-electron chi connectivity index (χ3n) is 4.84. The van der Waals surface area contributed by atoms with Gasteiger partial charge in [-0.15, -0.1) is 0 Å². The monoisotopic (exact) mass is 499 g/mol. The number of methoxy groups -OCH3 is 1. The van der Waals surface area contributed by atoms with Crippen molar-refractivity contribution in [2.45, 2.75) is 26.8 Å². The van der Waals surface area contributed by atoms with Gasteiger partial charge in [0.2, 0.25) is 5.91 Å². The number of nitrogens with zero attached hydrogens (tertiary/aromatic N) is 4. The molecule has 0 aliphatic heterocycles. The van der Waals surface area contributed by atoms with E-state index in [9.17, 15) is 14.9 Å². The number of benzene rings is 2. The lowest BCUT2D eigenvalue weighted by Gasteiger charge is -2.11. The van der Waals surface area contributed by atoms with E-state index in [4.69, 9.17) is 4.74 Å². The number of carbonyl (C=O) groups is 1. The summed E-state index contributed by atoms with van der Waals surface area (Å²) in [5, 5.41) is 19.2. The Kier molecular flexibility index (Phi) is 7.37. The van der Waals surface area contributed by atoms with E-state index >= 15 is 0 Å². The molecule has 0 atom stereocenters. The number of carbonyl (C=O) groups excluding carboxylic acids is 1. The van der Waals surface area contributed by atoms with E-state index in [1.807, 2.05) is 36.7 Å². The molecule has 0 radical (unpaired) electrons. The Hall–Kier alpha value is -3.53. The zero-order valence-electron chi connectivity index (χ0n) is 17.8. The molecule has 1 aromatic heterocycles. The summed E-state index contributed by atoms with van der Waals surface area (Å²) in [6.45, 7) is 4.50. The summed E-state index contributed by atoms with van der Waals surface area (Å²) in [5.41, 5.74) is 6.78. The van der Waals surface area contributed by atoms with Crippen LogP contribution in [0.3, 0.4) is 0 Å². The number of aryl methyl sites for hydroxylation is 1. The lowest BCUT2D eigenvalue weighted by molar-refractivity contribution is -0.384. The summed E-state index contributed by atoms with van der Waals surface area (Å²) < 4.78 is 8.41. The molecular formula is C22H22BrN5O4. The number of nitrogens with one attached hydrogen (secondary N) is 1. The Morgan fingerprint density at radius 1 is 1.28 bits per heavy atom. The minimum absolute atomic E-state index is 0.0185. The summed E-state index contributed by atoms with van der Waals surface area (Å²) in [7, 11) is 1.60. The van der Waals surface area contributed by atoms with Crippen molar-refractivity contribution in [2.75, 3.05) is 7.11 Å². The predicted octanol–water partition coefficient (Wildman–Crippen LogP) is 3.92. The molecule has 0 saturated carbocycles. The number of nitro benzene ring substituents is 1. The van der Waals surface area contributed by atoms with Crippen molar-refractivity contribution in [1.29, 1.82) is 0 Å². The average Bonchev–Trinajstić information content (AvgIpc) is 3.01. The van der Waals surface area contributed by atoms with Crippen LogP contribution in [-0.4, -0.2) is 33.9 Å². The van der Waals surface area contributed by atoms with Crippen LogP contribution in [-0.2, 0) is 17.8 Å². The Balaban J connectivity index is 1.62. The van der Waals surface area contributed by atoms with E-state index in [0.717, 1.165) is 27.0 Å². The van der Waals surface area contributed by atoms with Gasteiger partial charge < -0.3 is 4.74 Å². The second-order valence-corrected chi connectivity index (χ2v) is 7.90. The molecule has 166 valence electrons. The zero-order valence-corrected chi connectivity index (χ0v) is 19.4. The largest absolute Gasteiger partial charge is 0.496 e. The van der Waals surface area contributed by atoms with Crippen molar-refractivity contribution >= 4 is 33.7 Å². The summed E-state index contributed by atoms with van der Waals surface area (Å²) >= 11 is 3.54. The molecule has 0 saturated heterocycles. The maximum Gasteiger partial charge on any atom is 0.269 e. The van der Waals surface area contributed by atoms with Gasteiger partial charge in [-0.25, -0.2) is 5.43 Å². The SMILES string of the molecule is COc1cc(C=NNC(=O)Cc2ccc([N+](=O)[O-])cc2)ccc1Cn1nc(C)c(Br)c1C. The van der Waals surface area contributed by atoms with E-state index in [0.29, 0.717) is 17.9 Å². The molecule has 3 aromatic rings. The molecule has 0 bridgehead atoms. The third-order valence-corrected chi connectivity index (χ3v) is 5.99. The first-order valence-corrected chi connectivity index (χ1v) is 10.5. The number of ether oxygens (including phenoxy) is 1. The standard InChI is InChI=1S/C22H22BrN5O4/c1-14-22(23)15(2)27(26-14)13-18-7-4-17(10-20(18)32-3)12-24-25-21(29)11-16-5-8-19(9-6-16)28(30)31/h4-10,12H,11,13H2,1-3H3,(H,25,29). The molecule has 10 heteroatoms. The Labute approximate surface area is 193 Å². The van der Waals surface area contributed by atoms with Gasteiger partial charge in [0.25, 0.3) is 5.69 Å². The molecule has 3 rings (SSSR count). The van der Waals surface area contributed by atoms with Crippen molar-refractivity contribution in [2.24, 2.45) is 5.10 Å². The van der Waals surface area contributed by atoms with Gasteiger partial charge in [-0.3, -0.25) is 19.6 Å². The Morgan fingerprint density at radius 3 is 2.59 bits per heavy atom. The van der Waals surface area contributed by atoms with Crippen LogP contribution in [0.2, 0.25) is 0 Å². The number of nitro groups is 1. The molecule has 0 spiro atoms. The Bertz CT molecular complexity index is 1170. The van der Waals surface area contributed by atoms with E-state index in [2.05, 4.69) is 31.6 Å². The van der Waals surface area contributed by atoms with Gasteiger partial charge in [0.15, 0.2) is 0 Å². The van der Waals surface area contributed by atoms with Crippen LogP contribution in [0, 0.1) is 24.0 Å². The highest BCUT2D eigenvalue weighted by atomic mass is 79.9. The lowest BCUT2D eigenvalue weighted by Crippen LogP contribution is -2.19. The molecule has 9 nitrogen and oxygen atoms in total. The quantitative estimate of drug-likeness (QED) is 0.286. The predicted molar refractivity (Wildman–Crippen MR) is 124 cm³/mol. The first-order valence-electron chi connectivity index (χ1n) is 9.70. The summed E-state index contributed by atoms with van der Waals surface area (Å²) in [5.74, 6) is 0.364. The second-order valence-electron chi connectivity index (χ2n) is 7.11. The number of amides is 1. The molecule has 2 aromatic carbocycles. The highest BCUT2D eigenvalue weighted by Crippen LogP contribution is 2.24. The molecule has 1 heterocycles. The van der Waals surface area contributed by atoms with Crippen molar-refractivity contribution in [3.05, 3.63) is 85.1 Å². The van der Waals surface area contributed by atoms with Crippen LogP contribution in [0.15, 0.2) is 52.0 Å². The third kappa shape index (κ3) is 5.58. The summed E-state index contributed by atoms with van der Waals surface area (Å²) in [4.78, 5) is 22.3. The van der Waals surface area contributed by atoms with Gasteiger partial charge in [0.1, 0.15) is 5.75 Å². The van der Waals surface area contributed by atoms with Crippen molar-refractivity contribution in [3.63, 3.8) is 0 Å². The van der Waals surface area contributed by atoms with Crippen LogP contribution >= 0.6 is 15.9 Å². The van der Waals surface area contributed by atoms with E-state index in [-0.39, 0.29) is 18.0 Å². The van der Waals surface area contributed by atoms with Crippen LogP contribution in [0.5, 0.6) is 5.75 Å². The van der Waals surface area contributed by atoms with E-state index in [1.54, 1.807) is 19.2 Å². The van der Waals surface area contributed by atoms with Gasteiger partial charge in [0.05, 0.1) is 47.1 Å². The first kappa shape index (κ1) is 23.1. The van der Waals surface area contributed by atoms with Crippen molar-refractivity contribution < 1.29 is 14.5 Å². The molecule has 0 aliphatic rings. The fraction of sp³-hybridized carbons (Fsp3) is 0.227. The highest BCUT2D eigenvalue weighted by Gasteiger charge is 2.12. The molecule has 1 N–H and O–H groups in total. The van der Waals surface area contributed by atoms with Crippen LogP contribution < -0.4 is 10.2 Å². The normalized spacial score (nSPS) is 11.0. The van der Waals surface area contributed by atoms with E-state index in [1.165, 1.54) is 18.3 Å².